The molecule has 0 bridgehead atoms. The highest BCUT2D eigenvalue weighted by Gasteiger charge is 2.52. The molecule has 1 aromatic carbocycles. The van der Waals surface area contributed by atoms with E-state index < -0.39 is 30.1 Å². The molecule has 0 unspecified atom stereocenters. The Morgan fingerprint density at radius 1 is 1.09 bits per heavy atom. The summed E-state index contributed by atoms with van der Waals surface area (Å²) in [7, 11) is -0.999. The van der Waals surface area contributed by atoms with Crippen LogP contribution in [0.15, 0.2) is 12.1 Å². The van der Waals surface area contributed by atoms with Crippen molar-refractivity contribution in [3.63, 3.8) is 0 Å². The summed E-state index contributed by atoms with van der Waals surface area (Å²) >= 11 is 0. The van der Waals surface area contributed by atoms with Gasteiger partial charge in [0.15, 0.2) is 0 Å². The number of hydrogen-bond donors (Lipinski definition) is 0. The quantitative estimate of drug-likeness (QED) is 0.748. The zero-order valence-electron chi connectivity index (χ0n) is 13.1. The third-order valence-corrected chi connectivity index (χ3v) is 4.31. The molecule has 118 valence electrons. The first-order valence-corrected chi connectivity index (χ1v) is 6.86. The standard InChI is InChI=1S/C15H17BF3NO2/c1-9-6-10(15(17,18)19)7-12(11(9)8-20)16-21-13(2,3)14(4,5)22-16/h6-7H,1-5H3. The predicted molar refractivity (Wildman–Crippen MR) is 76.6 cm³/mol. The molecular weight excluding hydrogens is 294 g/mol. The van der Waals surface area contributed by atoms with Crippen molar-refractivity contribution in [1.29, 1.82) is 5.26 Å². The summed E-state index contributed by atoms with van der Waals surface area (Å²) in [5, 5.41) is 9.27. The molecule has 7 heteroatoms. The zero-order chi connectivity index (χ0) is 16.9. The van der Waals surface area contributed by atoms with Gasteiger partial charge in [-0.2, -0.15) is 18.4 Å². The molecule has 0 aliphatic carbocycles. The molecule has 3 nitrogen and oxygen atoms in total. The lowest BCUT2D eigenvalue weighted by Crippen LogP contribution is -2.41. The summed E-state index contributed by atoms with van der Waals surface area (Å²) in [5.74, 6) is 0. The van der Waals surface area contributed by atoms with Gasteiger partial charge in [-0.15, -0.1) is 0 Å². The molecule has 0 aromatic heterocycles. The Morgan fingerprint density at radius 3 is 2.00 bits per heavy atom. The minimum Gasteiger partial charge on any atom is -0.399 e. The first kappa shape index (κ1) is 16.8. The van der Waals surface area contributed by atoms with E-state index in [2.05, 4.69) is 0 Å². The lowest BCUT2D eigenvalue weighted by atomic mass is 9.74. The maximum absolute atomic E-state index is 13.0. The van der Waals surface area contributed by atoms with Crippen LogP contribution in [0.5, 0.6) is 0 Å². The number of alkyl halides is 3. The molecule has 0 spiro atoms. The highest BCUT2D eigenvalue weighted by atomic mass is 19.4. The van der Waals surface area contributed by atoms with E-state index in [9.17, 15) is 18.4 Å². The average molecular weight is 311 g/mol. The minimum absolute atomic E-state index is 0.119. The molecule has 0 N–H and O–H groups in total. The van der Waals surface area contributed by atoms with Crippen molar-refractivity contribution in [3.8, 4) is 6.07 Å². The molecule has 22 heavy (non-hydrogen) atoms. The lowest BCUT2D eigenvalue weighted by Gasteiger charge is -2.32. The van der Waals surface area contributed by atoms with E-state index in [4.69, 9.17) is 9.31 Å². The van der Waals surface area contributed by atoms with Crippen LogP contribution in [0.2, 0.25) is 0 Å². The van der Waals surface area contributed by atoms with Crippen molar-refractivity contribution in [1.82, 2.24) is 0 Å². The summed E-state index contributed by atoms with van der Waals surface area (Å²) in [5.41, 5.74) is -1.66. The van der Waals surface area contributed by atoms with Crippen LogP contribution in [0.25, 0.3) is 0 Å². The minimum atomic E-state index is -4.49. The van der Waals surface area contributed by atoms with Gasteiger partial charge in [0.05, 0.1) is 28.4 Å². The predicted octanol–water partition coefficient (Wildman–Crippen LogP) is 3.18. The number of rotatable bonds is 1. The van der Waals surface area contributed by atoms with Gasteiger partial charge in [0, 0.05) is 5.46 Å². The summed E-state index contributed by atoms with van der Waals surface area (Å²) in [4.78, 5) is 0. The summed E-state index contributed by atoms with van der Waals surface area (Å²) in [6.07, 6.45) is -4.49. The SMILES string of the molecule is Cc1cc(C(F)(F)F)cc(B2OC(C)(C)C(C)(C)O2)c1C#N. The van der Waals surface area contributed by atoms with Crippen molar-refractivity contribution >= 4 is 12.6 Å². The number of hydrogen-bond acceptors (Lipinski definition) is 3. The number of benzene rings is 1. The smallest absolute Gasteiger partial charge is 0.399 e. The molecular formula is C15H17BF3NO2. The molecule has 1 fully saturated rings. The highest BCUT2D eigenvalue weighted by molar-refractivity contribution is 6.63. The van der Waals surface area contributed by atoms with Gasteiger partial charge < -0.3 is 9.31 Å². The zero-order valence-corrected chi connectivity index (χ0v) is 13.1. The second kappa shape index (κ2) is 5.00. The summed E-state index contributed by atoms with van der Waals surface area (Å²) < 4.78 is 50.6. The third-order valence-electron chi connectivity index (χ3n) is 4.31. The number of aryl methyl sites for hydroxylation is 1. The molecule has 1 aliphatic heterocycles. The summed E-state index contributed by atoms with van der Waals surface area (Å²) in [6, 6.07) is 3.85. The van der Waals surface area contributed by atoms with Crippen LogP contribution < -0.4 is 5.46 Å². The number of nitriles is 1. The number of nitrogens with zero attached hydrogens (tertiary/aromatic N) is 1. The van der Waals surface area contributed by atoms with Gasteiger partial charge in [-0.25, -0.2) is 0 Å². The maximum atomic E-state index is 13.0. The second-order valence-corrected chi connectivity index (χ2v) is 6.46. The van der Waals surface area contributed by atoms with Crippen LogP contribution >= 0.6 is 0 Å². The molecule has 1 saturated heterocycles. The monoisotopic (exact) mass is 311 g/mol. The van der Waals surface area contributed by atoms with E-state index >= 15 is 0 Å². The van der Waals surface area contributed by atoms with E-state index in [1.165, 1.54) is 6.92 Å². The van der Waals surface area contributed by atoms with Crippen molar-refractivity contribution in [2.45, 2.75) is 52.0 Å². The molecule has 0 saturated carbocycles. The van der Waals surface area contributed by atoms with Gasteiger partial charge in [0.1, 0.15) is 0 Å². The second-order valence-electron chi connectivity index (χ2n) is 6.46. The van der Waals surface area contributed by atoms with E-state index in [1.807, 2.05) is 6.07 Å². The van der Waals surface area contributed by atoms with Gasteiger partial charge in [-0.3, -0.25) is 0 Å². The lowest BCUT2D eigenvalue weighted by molar-refractivity contribution is -0.137. The molecule has 0 atom stereocenters. The molecule has 1 heterocycles. The van der Waals surface area contributed by atoms with Gasteiger partial charge in [0.2, 0.25) is 0 Å². The van der Waals surface area contributed by atoms with Crippen molar-refractivity contribution in [2.24, 2.45) is 0 Å². The Hall–Kier alpha value is -1.52. The fourth-order valence-electron chi connectivity index (χ4n) is 2.29. The maximum Gasteiger partial charge on any atom is 0.496 e. The Kier molecular flexibility index (Phi) is 3.83. The van der Waals surface area contributed by atoms with Crippen molar-refractivity contribution in [3.05, 3.63) is 28.8 Å². The van der Waals surface area contributed by atoms with Gasteiger partial charge in [-0.05, 0) is 52.3 Å². The fourth-order valence-corrected chi connectivity index (χ4v) is 2.29. The van der Waals surface area contributed by atoms with Crippen molar-refractivity contribution in [2.75, 3.05) is 0 Å². The van der Waals surface area contributed by atoms with Crippen LogP contribution in [0.1, 0.15) is 44.4 Å². The van der Waals surface area contributed by atoms with Crippen LogP contribution in [0.4, 0.5) is 13.2 Å². The van der Waals surface area contributed by atoms with Gasteiger partial charge >= 0.3 is 13.3 Å². The van der Waals surface area contributed by atoms with E-state index in [0.717, 1.165) is 12.1 Å². The largest absolute Gasteiger partial charge is 0.496 e. The third kappa shape index (κ3) is 2.73. The molecule has 0 radical (unpaired) electrons. The Labute approximate surface area is 128 Å². The van der Waals surface area contributed by atoms with Crippen LogP contribution in [0, 0.1) is 18.3 Å². The first-order valence-electron chi connectivity index (χ1n) is 6.86. The van der Waals surface area contributed by atoms with E-state index in [1.54, 1.807) is 27.7 Å². The van der Waals surface area contributed by atoms with Crippen LogP contribution in [-0.4, -0.2) is 18.3 Å². The van der Waals surface area contributed by atoms with E-state index in [0.29, 0.717) is 0 Å². The Bertz CT molecular complexity index is 631. The Balaban J connectivity index is 2.56. The highest BCUT2D eigenvalue weighted by Crippen LogP contribution is 2.37. The van der Waals surface area contributed by atoms with Crippen LogP contribution in [0.3, 0.4) is 0 Å². The first-order chi connectivity index (χ1) is 9.89. The number of halogens is 3. The van der Waals surface area contributed by atoms with Crippen LogP contribution in [-0.2, 0) is 15.5 Å². The molecule has 2 rings (SSSR count). The topological polar surface area (TPSA) is 42.2 Å². The Morgan fingerprint density at radius 2 is 1.59 bits per heavy atom. The van der Waals surface area contributed by atoms with Gasteiger partial charge in [0.25, 0.3) is 0 Å². The average Bonchev–Trinajstić information content (AvgIpc) is 2.56. The normalized spacial score (nSPS) is 20.0. The molecule has 0 amide bonds. The molecule has 1 aliphatic rings. The van der Waals surface area contributed by atoms with Gasteiger partial charge in [-0.1, -0.05) is 0 Å². The van der Waals surface area contributed by atoms with E-state index in [-0.39, 0.29) is 16.6 Å². The molecule has 1 aromatic rings. The fraction of sp³-hybridized carbons (Fsp3) is 0.533. The van der Waals surface area contributed by atoms with Crippen molar-refractivity contribution < 1.29 is 22.5 Å². The summed E-state index contributed by atoms with van der Waals surface area (Å²) in [6.45, 7) is 8.70.